The molecule has 23 heavy (non-hydrogen) atoms. The van der Waals surface area contributed by atoms with E-state index < -0.39 is 36.7 Å². The Labute approximate surface area is 133 Å². The standard InChI is InChI=1S/C13H21N3O7/c1-14-12(20)16(6-3-7-17)11-10(19)13(21,4-5-15-22-2)9(8-18)23-11/h3,5-7,9-11,18-19,21H,4,8H2,1-2H3,(H,14,20)/b6-3-,15-5+/t9-,10+,11-,13-/m1/s1. The van der Waals surface area contributed by atoms with E-state index in [4.69, 9.17) is 4.74 Å². The largest absolute Gasteiger partial charge is 0.399 e. The number of hydrogen-bond acceptors (Lipinski definition) is 8. The number of urea groups is 1. The lowest BCUT2D eigenvalue weighted by atomic mass is 9.89. The van der Waals surface area contributed by atoms with Crippen LogP contribution in [-0.4, -0.2) is 83.6 Å². The van der Waals surface area contributed by atoms with E-state index in [0.717, 1.165) is 17.2 Å². The highest BCUT2D eigenvalue weighted by molar-refractivity contribution is 5.76. The van der Waals surface area contributed by atoms with Crippen molar-refractivity contribution in [3.8, 4) is 0 Å². The quantitative estimate of drug-likeness (QED) is 0.186. The van der Waals surface area contributed by atoms with E-state index in [1.54, 1.807) is 0 Å². The minimum absolute atomic E-state index is 0.178. The minimum Gasteiger partial charge on any atom is -0.399 e. The molecule has 2 amide bonds. The summed E-state index contributed by atoms with van der Waals surface area (Å²) in [6.45, 7) is -0.593. The van der Waals surface area contributed by atoms with Gasteiger partial charge in [0.15, 0.2) is 6.23 Å². The van der Waals surface area contributed by atoms with Gasteiger partial charge in [-0.2, -0.15) is 0 Å². The van der Waals surface area contributed by atoms with Gasteiger partial charge in [-0.15, -0.1) is 0 Å². The lowest BCUT2D eigenvalue weighted by molar-refractivity contribution is -0.104. The smallest absolute Gasteiger partial charge is 0.323 e. The van der Waals surface area contributed by atoms with Crippen molar-refractivity contribution in [2.75, 3.05) is 20.8 Å². The molecule has 0 saturated carbocycles. The van der Waals surface area contributed by atoms with E-state index in [-0.39, 0.29) is 6.42 Å². The van der Waals surface area contributed by atoms with Crippen molar-refractivity contribution in [2.24, 2.45) is 5.16 Å². The van der Waals surface area contributed by atoms with Crippen LogP contribution in [-0.2, 0) is 14.4 Å². The first-order valence-electron chi connectivity index (χ1n) is 6.80. The molecule has 1 rings (SSSR count). The number of carbonyl (C=O) groups is 2. The highest BCUT2D eigenvalue weighted by Crippen LogP contribution is 2.35. The van der Waals surface area contributed by atoms with Gasteiger partial charge in [-0.25, -0.2) is 4.79 Å². The molecule has 4 N–H and O–H groups in total. The van der Waals surface area contributed by atoms with Crippen LogP contribution >= 0.6 is 0 Å². The molecule has 0 aromatic heterocycles. The first-order chi connectivity index (χ1) is 11.0. The van der Waals surface area contributed by atoms with Gasteiger partial charge in [0.1, 0.15) is 31.2 Å². The molecule has 1 aliphatic heterocycles. The molecule has 130 valence electrons. The summed E-state index contributed by atoms with van der Waals surface area (Å²) in [5.74, 6) is 0. The number of aliphatic hydroxyl groups is 3. The van der Waals surface area contributed by atoms with Gasteiger partial charge < -0.3 is 30.2 Å². The number of aliphatic hydroxyl groups excluding tert-OH is 2. The molecular formula is C13H21N3O7. The number of amides is 2. The Bertz CT molecular complexity index is 470. The molecule has 0 radical (unpaired) electrons. The number of oxime groups is 1. The third-order valence-electron chi connectivity index (χ3n) is 3.46. The average Bonchev–Trinajstić information content (AvgIpc) is 2.80. The van der Waals surface area contributed by atoms with Crippen LogP contribution in [0.3, 0.4) is 0 Å². The molecule has 10 heteroatoms. The summed E-state index contributed by atoms with van der Waals surface area (Å²) in [5.41, 5.74) is -1.89. The summed E-state index contributed by atoms with van der Waals surface area (Å²) >= 11 is 0. The van der Waals surface area contributed by atoms with E-state index >= 15 is 0 Å². The summed E-state index contributed by atoms with van der Waals surface area (Å²) in [4.78, 5) is 27.7. The zero-order valence-electron chi connectivity index (χ0n) is 12.8. The third-order valence-corrected chi connectivity index (χ3v) is 3.46. The molecule has 10 nitrogen and oxygen atoms in total. The number of nitrogens with zero attached hydrogens (tertiary/aromatic N) is 2. The summed E-state index contributed by atoms with van der Waals surface area (Å²) in [6.07, 6.45) is -0.417. The average molecular weight is 331 g/mol. The summed E-state index contributed by atoms with van der Waals surface area (Å²) < 4.78 is 5.40. The van der Waals surface area contributed by atoms with Crippen molar-refractivity contribution in [1.82, 2.24) is 10.2 Å². The van der Waals surface area contributed by atoms with Crippen molar-refractivity contribution < 1.29 is 34.5 Å². The lowest BCUT2D eigenvalue weighted by Gasteiger charge is -2.30. The first kappa shape index (κ1) is 19.0. The molecule has 1 fully saturated rings. The van der Waals surface area contributed by atoms with Gasteiger partial charge in [0.25, 0.3) is 0 Å². The highest BCUT2D eigenvalue weighted by Gasteiger charge is 2.56. The van der Waals surface area contributed by atoms with E-state index in [2.05, 4.69) is 15.3 Å². The van der Waals surface area contributed by atoms with Crippen LogP contribution in [0.25, 0.3) is 0 Å². The second kappa shape index (κ2) is 8.58. The zero-order valence-corrected chi connectivity index (χ0v) is 12.8. The molecule has 0 bridgehead atoms. The molecule has 1 saturated heterocycles. The second-order valence-corrected chi connectivity index (χ2v) is 4.75. The van der Waals surface area contributed by atoms with Crippen molar-refractivity contribution in [1.29, 1.82) is 0 Å². The normalized spacial score (nSPS) is 30.7. The van der Waals surface area contributed by atoms with E-state index in [1.165, 1.54) is 20.4 Å². The fraction of sp³-hybridized carbons (Fsp3) is 0.615. The first-order valence-corrected chi connectivity index (χ1v) is 6.80. The minimum atomic E-state index is -1.89. The predicted molar refractivity (Wildman–Crippen MR) is 78.3 cm³/mol. The number of aldehydes is 1. The molecule has 1 aliphatic rings. The summed E-state index contributed by atoms with van der Waals surface area (Å²) in [7, 11) is 2.67. The Morgan fingerprint density at radius 1 is 1.57 bits per heavy atom. The maximum Gasteiger partial charge on any atom is 0.323 e. The Morgan fingerprint density at radius 3 is 2.78 bits per heavy atom. The van der Waals surface area contributed by atoms with Gasteiger partial charge in [-0.05, 0) is 6.08 Å². The van der Waals surface area contributed by atoms with E-state index in [9.17, 15) is 24.9 Å². The molecule has 0 spiro atoms. The van der Waals surface area contributed by atoms with Crippen LogP contribution < -0.4 is 5.32 Å². The van der Waals surface area contributed by atoms with Gasteiger partial charge in [-0.3, -0.25) is 9.69 Å². The Hall–Kier alpha value is -2.01. The van der Waals surface area contributed by atoms with Crippen LogP contribution in [0.1, 0.15) is 6.42 Å². The maximum absolute atomic E-state index is 11.9. The topological polar surface area (TPSA) is 141 Å². The maximum atomic E-state index is 11.9. The highest BCUT2D eigenvalue weighted by atomic mass is 16.6. The van der Waals surface area contributed by atoms with E-state index in [0.29, 0.717) is 6.29 Å². The fourth-order valence-electron chi connectivity index (χ4n) is 2.25. The third kappa shape index (κ3) is 4.05. The molecular weight excluding hydrogens is 310 g/mol. The zero-order chi connectivity index (χ0) is 17.5. The van der Waals surface area contributed by atoms with Gasteiger partial charge in [0.05, 0.1) is 6.61 Å². The number of carbonyl (C=O) groups excluding carboxylic acids is 2. The second-order valence-electron chi connectivity index (χ2n) is 4.75. The Kier molecular flexibility index (Phi) is 7.10. The van der Waals surface area contributed by atoms with Crippen LogP contribution in [0.15, 0.2) is 17.4 Å². The van der Waals surface area contributed by atoms with Crippen LogP contribution in [0.4, 0.5) is 4.79 Å². The summed E-state index contributed by atoms with van der Waals surface area (Å²) in [5, 5.41) is 36.2. The number of rotatable bonds is 7. The molecule has 0 unspecified atom stereocenters. The Balaban J connectivity index is 3.08. The molecule has 0 aromatic rings. The number of hydrogen-bond donors (Lipinski definition) is 4. The molecule has 0 aromatic carbocycles. The van der Waals surface area contributed by atoms with Gasteiger partial charge in [-0.1, -0.05) is 5.16 Å². The Morgan fingerprint density at radius 2 is 2.26 bits per heavy atom. The fourth-order valence-corrected chi connectivity index (χ4v) is 2.25. The number of nitrogens with one attached hydrogen (secondary N) is 1. The van der Waals surface area contributed by atoms with Crippen LogP contribution in [0.2, 0.25) is 0 Å². The van der Waals surface area contributed by atoms with E-state index in [1.807, 2.05) is 0 Å². The summed E-state index contributed by atoms with van der Waals surface area (Å²) in [6, 6.07) is -0.668. The van der Waals surface area contributed by atoms with Crippen molar-refractivity contribution in [2.45, 2.75) is 30.5 Å². The van der Waals surface area contributed by atoms with Crippen molar-refractivity contribution in [3.05, 3.63) is 12.3 Å². The van der Waals surface area contributed by atoms with Gasteiger partial charge >= 0.3 is 6.03 Å². The number of ether oxygens (including phenoxy) is 1. The monoisotopic (exact) mass is 331 g/mol. The van der Waals surface area contributed by atoms with Crippen molar-refractivity contribution in [3.63, 3.8) is 0 Å². The van der Waals surface area contributed by atoms with Crippen LogP contribution in [0.5, 0.6) is 0 Å². The number of allylic oxidation sites excluding steroid dienone is 1. The van der Waals surface area contributed by atoms with Gasteiger partial charge in [0, 0.05) is 25.9 Å². The lowest BCUT2D eigenvalue weighted by Crippen LogP contribution is -2.53. The molecule has 1 heterocycles. The van der Waals surface area contributed by atoms with Crippen LogP contribution in [0, 0.1) is 0 Å². The SMILES string of the molecule is CNC(=O)N(/C=C\C=O)[C@@H]1O[C@H](CO)[C@](O)(C/C=N/OC)[C@H]1O. The van der Waals surface area contributed by atoms with Gasteiger partial charge in [0.2, 0.25) is 0 Å². The molecule has 4 atom stereocenters. The molecule has 0 aliphatic carbocycles. The van der Waals surface area contributed by atoms with Crippen molar-refractivity contribution >= 4 is 18.5 Å². The predicted octanol–water partition coefficient (Wildman–Crippen LogP) is -1.83.